The smallest absolute Gasteiger partial charge is 0.822 e. The monoisotopic (exact) mass is 370 g/mol. The van der Waals surface area contributed by atoms with Gasteiger partial charge >= 0.3 is 52.4 Å². The molecule has 0 aliphatic carbocycles. The summed E-state index contributed by atoms with van der Waals surface area (Å²) in [7, 11) is -10.8. The van der Waals surface area contributed by atoms with Gasteiger partial charge in [-0.1, -0.05) is 0 Å². The summed E-state index contributed by atoms with van der Waals surface area (Å²) in [6.45, 7) is 0. The first-order valence-corrected chi connectivity index (χ1v) is 4.38. The molecule has 0 rings (SSSR count). The van der Waals surface area contributed by atoms with Crippen molar-refractivity contribution in [2.75, 3.05) is 0 Å². The van der Waals surface area contributed by atoms with Crippen molar-refractivity contribution in [1.29, 1.82) is 0 Å². The van der Waals surface area contributed by atoms with Gasteiger partial charge in [-0.05, 0) is 0 Å². The van der Waals surface area contributed by atoms with Crippen LogP contribution < -0.4 is 29.4 Å². The fourth-order valence-electron chi connectivity index (χ4n) is 0. The summed E-state index contributed by atoms with van der Waals surface area (Å²) in [5, 5.41) is 0. The van der Waals surface area contributed by atoms with Gasteiger partial charge in [-0.2, -0.15) is 15.6 Å². The molecule has 0 aromatic heterocycles. The standard InChI is InChI=1S/2H3O4P.2Zr/c2*1-5(2,3)4;;/h2*(H3,1,2,3,4);;/q;;2*+4/p-6. The van der Waals surface area contributed by atoms with Crippen molar-refractivity contribution in [3.63, 3.8) is 0 Å². The van der Waals surface area contributed by atoms with E-state index in [1.54, 1.807) is 0 Å². The third-order valence-electron chi connectivity index (χ3n) is 0. The number of hydrogen-bond donors (Lipinski definition) is 0. The molecule has 64 valence electrons. The van der Waals surface area contributed by atoms with Gasteiger partial charge in [0.25, 0.3) is 0 Å². The average molecular weight is 372 g/mol. The van der Waals surface area contributed by atoms with Gasteiger partial charge in [0.05, 0.1) is 0 Å². The minimum absolute atomic E-state index is 0. The van der Waals surface area contributed by atoms with E-state index in [1.165, 1.54) is 0 Å². The topological polar surface area (TPSA) is 172 Å². The normalized spacial score (nSPS) is 9.83. The van der Waals surface area contributed by atoms with Crippen LogP contribution in [0.3, 0.4) is 0 Å². The molecule has 0 radical (unpaired) electrons. The first-order chi connectivity index (χ1) is 4.00. The summed E-state index contributed by atoms with van der Waals surface area (Å²) in [4.78, 5) is 51.3. The van der Waals surface area contributed by atoms with Crippen molar-refractivity contribution in [2.24, 2.45) is 0 Å². The Morgan fingerprint density at radius 2 is 0.583 bits per heavy atom. The van der Waals surface area contributed by atoms with Gasteiger partial charge in [0.1, 0.15) is 0 Å². The van der Waals surface area contributed by atoms with Gasteiger partial charge in [-0.15, -0.1) is 0 Å². The molecule has 0 aliphatic heterocycles. The molecule has 0 saturated heterocycles. The maximum Gasteiger partial charge on any atom is 4.00 e. The van der Waals surface area contributed by atoms with E-state index in [0.29, 0.717) is 0 Å². The molecule has 12 heavy (non-hydrogen) atoms. The Labute approximate surface area is 106 Å². The molecule has 0 atom stereocenters. The third-order valence-corrected chi connectivity index (χ3v) is 0. The molecule has 0 aromatic rings. The number of phosphoric acid groups is 2. The Hall–Kier alpha value is 1.99. The van der Waals surface area contributed by atoms with Crippen LogP contribution in [0.1, 0.15) is 0 Å². The molecular weight excluding hydrogens is 372 g/mol. The van der Waals surface area contributed by atoms with Gasteiger partial charge in [0.2, 0.25) is 0 Å². The van der Waals surface area contributed by atoms with E-state index < -0.39 is 15.6 Å². The predicted molar refractivity (Wildman–Crippen MR) is 15.2 cm³/mol. The second-order valence-corrected chi connectivity index (χ2v) is 2.68. The Morgan fingerprint density at radius 1 is 0.583 bits per heavy atom. The Bertz CT molecular complexity index is 127. The van der Waals surface area contributed by atoms with Crippen LogP contribution in [-0.4, -0.2) is 0 Å². The average Bonchev–Trinajstić information content (AvgIpc) is 1.12. The third kappa shape index (κ3) is 367. The first-order valence-electron chi connectivity index (χ1n) is 1.46. The molecular formula is O8P2Zr2+2. The van der Waals surface area contributed by atoms with Crippen LogP contribution in [0.2, 0.25) is 0 Å². The Morgan fingerprint density at radius 3 is 0.583 bits per heavy atom. The van der Waals surface area contributed by atoms with E-state index in [1.807, 2.05) is 0 Å². The first kappa shape index (κ1) is 23.7. The number of rotatable bonds is 0. The summed E-state index contributed by atoms with van der Waals surface area (Å²) in [5.74, 6) is 0. The second-order valence-electron chi connectivity index (χ2n) is 0.894. The number of hydrogen-bond acceptors (Lipinski definition) is 8. The van der Waals surface area contributed by atoms with Gasteiger partial charge in [-0.3, -0.25) is 0 Å². The van der Waals surface area contributed by atoms with E-state index in [2.05, 4.69) is 0 Å². The molecule has 12 heteroatoms. The van der Waals surface area contributed by atoms with E-state index >= 15 is 0 Å². The predicted octanol–water partition coefficient (Wildman–Crippen LogP) is -5.65. The zero-order valence-corrected chi connectivity index (χ0v) is 11.9. The molecule has 0 bridgehead atoms. The summed E-state index contributed by atoms with van der Waals surface area (Å²) in [6, 6.07) is 0. The molecule has 8 nitrogen and oxygen atoms in total. The zero-order chi connectivity index (χ0) is 9.00. The van der Waals surface area contributed by atoms with E-state index in [0.717, 1.165) is 0 Å². The van der Waals surface area contributed by atoms with Crippen molar-refractivity contribution in [3.8, 4) is 0 Å². The molecule has 0 aromatic carbocycles. The fourth-order valence-corrected chi connectivity index (χ4v) is 0. The Balaban J connectivity index is -0.0000000457. The molecule has 0 saturated carbocycles. The summed E-state index contributed by atoms with van der Waals surface area (Å²) < 4.78 is 17.1. The van der Waals surface area contributed by atoms with Crippen LogP contribution in [-0.2, 0) is 61.5 Å². The summed E-state index contributed by atoms with van der Waals surface area (Å²) in [5.41, 5.74) is 0. The maximum absolute atomic E-state index is 8.55. The molecule has 0 amide bonds. The van der Waals surface area contributed by atoms with Crippen LogP contribution in [0, 0.1) is 0 Å². The van der Waals surface area contributed by atoms with Crippen LogP contribution in [0.15, 0.2) is 0 Å². The fraction of sp³-hybridized carbons (Fsp3) is 0. The Kier molecular flexibility index (Phi) is 18.8. The largest absolute Gasteiger partial charge is 4.00 e. The van der Waals surface area contributed by atoms with Crippen molar-refractivity contribution < 1.29 is 90.9 Å². The minimum Gasteiger partial charge on any atom is -0.822 e. The van der Waals surface area contributed by atoms with E-state index in [9.17, 15) is 0 Å². The van der Waals surface area contributed by atoms with Gasteiger partial charge in [0, 0.05) is 0 Å². The summed E-state index contributed by atoms with van der Waals surface area (Å²) >= 11 is 0. The van der Waals surface area contributed by atoms with Crippen molar-refractivity contribution in [1.82, 2.24) is 0 Å². The zero-order valence-electron chi connectivity index (χ0n) is 5.16. The second kappa shape index (κ2) is 9.54. The molecule has 0 fully saturated rings. The van der Waals surface area contributed by atoms with E-state index in [4.69, 9.17) is 38.5 Å². The molecule has 0 unspecified atom stereocenters. The van der Waals surface area contributed by atoms with Crippen molar-refractivity contribution in [3.05, 3.63) is 0 Å². The van der Waals surface area contributed by atoms with Gasteiger partial charge < -0.3 is 38.5 Å². The van der Waals surface area contributed by atoms with Crippen LogP contribution in [0.25, 0.3) is 0 Å². The van der Waals surface area contributed by atoms with Gasteiger partial charge in [-0.25, -0.2) is 0 Å². The summed E-state index contributed by atoms with van der Waals surface area (Å²) in [6.07, 6.45) is 0. The molecule has 0 heterocycles. The molecule has 0 N–H and O–H groups in total. The quantitative estimate of drug-likeness (QED) is 0.378. The van der Waals surface area contributed by atoms with E-state index in [-0.39, 0.29) is 52.4 Å². The molecule has 0 aliphatic rings. The van der Waals surface area contributed by atoms with Crippen LogP contribution in [0.4, 0.5) is 0 Å². The van der Waals surface area contributed by atoms with Crippen molar-refractivity contribution >= 4 is 15.6 Å². The van der Waals surface area contributed by atoms with Crippen molar-refractivity contribution in [2.45, 2.75) is 0 Å². The van der Waals surface area contributed by atoms with Crippen LogP contribution >= 0.6 is 15.6 Å². The maximum atomic E-state index is 8.55. The molecule has 0 spiro atoms. The van der Waals surface area contributed by atoms with Gasteiger partial charge in [0.15, 0.2) is 0 Å². The van der Waals surface area contributed by atoms with Crippen LogP contribution in [0.5, 0.6) is 0 Å². The SMILES string of the molecule is O=P([O-])([O-])[O-].O=P([O-])([O-])[O-].[Zr+4].[Zr+4]. The minimum atomic E-state index is -5.39.